The molecule has 0 bridgehead atoms. The minimum Gasteiger partial charge on any atom is -0.337 e. The lowest BCUT2D eigenvalue weighted by molar-refractivity contribution is 0.584. The third-order valence-corrected chi connectivity index (χ3v) is 2.63. The lowest BCUT2D eigenvalue weighted by atomic mass is 10.1. The Bertz CT molecular complexity index is 435. The molecule has 1 unspecified atom stereocenters. The van der Waals surface area contributed by atoms with Crippen LogP contribution in [0, 0.1) is 0 Å². The van der Waals surface area contributed by atoms with E-state index in [0.29, 0.717) is 0 Å². The fourth-order valence-corrected chi connectivity index (χ4v) is 1.71. The normalized spacial score (nSPS) is 12.6. The summed E-state index contributed by atoms with van der Waals surface area (Å²) in [5.74, 6) is 0.927. The zero-order valence-electron chi connectivity index (χ0n) is 9.37. The van der Waals surface area contributed by atoms with E-state index in [1.807, 2.05) is 42.2 Å². The van der Waals surface area contributed by atoms with Crippen molar-refractivity contribution in [3.63, 3.8) is 0 Å². The maximum Gasteiger partial charge on any atom is 0.125 e. The number of hydrogen-bond acceptors (Lipinski definition) is 3. The van der Waals surface area contributed by atoms with Crippen LogP contribution >= 0.6 is 0 Å². The Balaban J connectivity index is 1.94. The second kappa shape index (κ2) is 4.90. The molecule has 0 saturated carbocycles. The Morgan fingerprint density at radius 1 is 1.31 bits per heavy atom. The molecule has 0 aliphatic heterocycles. The molecule has 0 radical (unpaired) electrons. The molecule has 84 valence electrons. The first-order valence-electron chi connectivity index (χ1n) is 5.40. The van der Waals surface area contributed by atoms with Crippen molar-refractivity contribution < 1.29 is 0 Å². The Morgan fingerprint density at radius 2 is 2.19 bits per heavy atom. The summed E-state index contributed by atoms with van der Waals surface area (Å²) in [5, 5.41) is 0. The Morgan fingerprint density at radius 3 is 2.81 bits per heavy atom. The van der Waals surface area contributed by atoms with E-state index < -0.39 is 0 Å². The topological polar surface area (TPSA) is 56.7 Å². The van der Waals surface area contributed by atoms with Crippen molar-refractivity contribution in [1.29, 1.82) is 0 Å². The van der Waals surface area contributed by atoms with Gasteiger partial charge in [-0.15, -0.1) is 0 Å². The van der Waals surface area contributed by atoms with Crippen LogP contribution in [-0.2, 0) is 13.5 Å². The third-order valence-electron chi connectivity index (χ3n) is 2.63. The number of pyridine rings is 1. The molecule has 4 nitrogen and oxygen atoms in total. The Labute approximate surface area is 95.1 Å². The quantitative estimate of drug-likeness (QED) is 0.841. The van der Waals surface area contributed by atoms with Gasteiger partial charge in [0.1, 0.15) is 5.82 Å². The molecule has 0 aliphatic rings. The van der Waals surface area contributed by atoms with Crippen molar-refractivity contribution in [3.05, 3.63) is 48.3 Å². The predicted octanol–water partition coefficient (Wildman–Crippen LogP) is 1.45. The summed E-state index contributed by atoms with van der Waals surface area (Å²) in [6.07, 6.45) is 7.24. The molecule has 2 N–H and O–H groups in total. The van der Waals surface area contributed by atoms with Crippen molar-refractivity contribution in [2.24, 2.45) is 12.8 Å². The van der Waals surface area contributed by atoms with Gasteiger partial charge in [-0.3, -0.25) is 4.98 Å². The molecule has 0 saturated heterocycles. The summed E-state index contributed by atoms with van der Waals surface area (Å²) >= 11 is 0. The second-order valence-corrected chi connectivity index (χ2v) is 3.86. The van der Waals surface area contributed by atoms with E-state index in [4.69, 9.17) is 5.73 Å². The van der Waals surface area contributed by atoms with Crippen molar-refractivity contribution in [1.82, 2.24) is 14.5 Å². The van der Waals surface area contributed by atoms with E-state index >= 15 is 0 Å². The summed E-state index contributed by atoms with van der Waals surface area (Å²) < 4.78 is 1.96. The number of nitrogens with zero attached hydrogens (tertiary/aromatic N) is 3. The van der Waals surface area contributed by atoms with Gasteiger partial charge < -0.3 is 10.3 Å². The molecule has 0 aromatic carbocycles. The SMILES string of the molecule is Cn1ccnc1C(N)CCc1ccccn1. The van der Waals surface area contributed by atoms with Crippen LogP contribution in [0.4, 0.5) is 0 Å². The van der Waals surface area contributed by atoms with Gasteiger partial charge in [0.15, 0.2) is 0 Å². The number of nitrogens with two attached hydrogens (primary N) is 1. The average Bonchev–Trinajstić information content (AvgIpc) is 2.74. The van der Waals surface area contributed by atoms with Gasteiger partial charge in [0.25, 0.3) is 0 Å². The van der Waals surface area contributed by atoms with Crippen LogP contribution in [0.15, 0.2) is 36.8 Å². The fraction of sp³-hybridized carbons (Fsp3) is 0.333. The monoisotopic (exact) mass is 216 g/mol. The van der Waals surface area contributed by atoms with Crippen LogP contribution in [0.5, 0.6) is 0 Å². The van der Waals surface area contributed by atoms with Crippen molar-refractivity contribution in [2.45, 2.75) is 18.9 Å². The zero-order chi connectivity index (χ0) is 11.4. The molecule has 4 heteroatoms. The summed E-state index contributed by atoms with van der Waals surface area (Å²) in [6, 6.07) is 5.91. The van der Waals surface area contributed by atoms with E-state index in [1.54, 1.807) is 6.20 Å². The minimum absolute atomic E-state index is 0.0259. The van der Waals surface area contributed by atoms with Gasteiger partial charge in [-0.05, 0) is 25.0 Å². The molecule has 2 aromatic heterocycles. The van der Waals surface area contributed by atoms with E-state index in [-0.39, 0.29) is 6.04 Å². The molecule has 0 amide bonds. The smallest absolute Gasteiger partial charge is 0.125 e. The highest BCUT2D eigenvalue weighted by atomic mass is 15.1. The molecule has 16 heavy (non-hydrogen) atoms. The number of aryl methyl sites for hydroxylation is 2. The highest BCUT2D eigenvalue weighted by Crippen LogP contribution is 2.13. The molecule has 2 aromatic rings. The van der Waals surface area contributed by atoms with Crippen LogP contribution in [0.3, 0.4) is 0 Å². The summed E-state index contributed by atoms with van der Waals surface area (Å²) in [4.78, 5) is 8.52. The summed E-state index contributed by atoms with van der Waals surface area (Å²) in [7, 11) is 1.96. The molecular weight excluding hydrogens is 200 g/mol. The first-order valence-corrected chi connectivity index (χ1v) is 5.40. The van der Waals surface area contributed by atoms with Crippen LogP contribution < -0.4 is 5.73 Å². The van der Waals surface area contributed by atoms with Crippen molar-refractivity contribution in [3.8, 4) is 0 Å². The van der Waals surface area contributed by atoms with Gasteiger partial charge in [-0.1, -0.05) is 6.07 Å². The average molecular weight is 216 g/mol. The van der Waals surface area contributed by atoms with Gasteiger partial charge in [-0.2, -0.15) is 0 Å². The Kier molecular flexibility index (Phi) is 3.31. The molecule has 1 atom stereocenters. The molecule has 0 spiro atoms. The summed E-state index contributed by atoms with van der Waals surface area (Å²) in [6.45, 7) is 0. The van der Waals surface area contributed by atoms with Crippen LogP contribution in [0.1, 0.15) is 24.0 Å². The molecule has 2 rings (SSSR count). The first kappa shape index (κ1) is 10.8. The lowest BCUT2D eigenvalue weighted by Crippen LogP contribution is -2.16. The van der Waals surface area contributed by atoms with E-state index in [2.05, 4.69) is 9.97 Å². The molecule has 0 fully saturated rings. The highest BCUT2D eigenvalue weighted by Gasteiger charge is 2.10. The minimum atomic E-state index is -0.0259. The van der Waals surface area contributed by atoms with Gasteiger partial charge in [0.2, 0.25) is 0 Å². The van der Waals surface area contributed by atoms with E-state index in [9.17, 15) is 0 Å². The van der Waals surface area contributed by atoms with Crippen LogP contribution in [0.2, 0.25) is 0 Å². The van der Waals surface area contributed by atoms with Crippen LogP contribution in [-0.4, -0.2) is 14.5 Å². The number of aromatic nitrogens is 3. The van der Waals surface area contributed by atoms with Gasteiger partial charge in [0.05, 0.1) is 6.04 Å². The molecule has 0 aliphatic carbocycles. The van der Waals surface area contributed by atoms with Crippen LogP contribution in [0.25, 0.3) is 0 Å². The lowest BCUT2D eigenvalue weighted by Gasteiger charge is -2.10. The zero-order valence-corrected chi connectivity index (χ0v) is 9.37. The maximum atomic E-state index is 6.08. The fourth-order valence-electron chi connectivity index (χ4n) is 1.71. The Hall–Kier alpha value is -1.68. The molecular formula is C12H16N4. The molecule has 2 heterocycles. The number of imidazole rings is 1. The van der Waals surface area contributed by atoms with Crippen molar-refractivity contribution in [2.75, 3.05) is 0 Å². The predicted molar refractivity (Wildman–Crippen MR) is 62.7 cm³/mol. The van der Waals surface area contributed by atoms with E-state index in [1.165, 1.54) is 0 Å². The third kappa shape index (κ3) is 2.46. The number of rotatable bonds is 4. The van der Waals surface area contributed by atoms with Gasteiger partial charge in [-0.25, -0.2) is 4.98 Å². The number of hydrogen-bond donors (Lipinski definition) is 1. The van der Waals surface area contributed by atoms with Crippen molar-refractivity contribution >= 4 is 0 Å². The van der Waals surface area contributed by atoms with Gasteiger partial charge in [0, 0.05) is 31.3 Å². The first-order chi connectivity index (χ1) is 7.77. The summed E-state index contributed by atoms with van der Waals surface area (Å²) in [5.41, 5.74) is 7.15. The second-order valence-electron chi connectivity index (χ2n) is 3.86. The van der Waals surface area contributed by atoms with Gasteiger partial charge >= 0.3 is 0 Å². The largest absolute Gasteiger partial charge is 0.337 e. The maximum absolute atomic E-state index is 6.08. The highest BCUT2D eigenvalue weighted by molar-refractivity contribution is 5.05. The standard InChI is InChI=1S/C12H16N4/c1-16-9-8-15-12(16)11(13)6-5-10-4-2-3-7-14-10/h2-4,7-9,11H,5-6,13H2,1H3. The van der Waals surface area contributed by atoms with E-state index in [0.717, 1.165) is 24.4 Å².